The molecule has 1 aromatic carbocycles. The van der Waals surface area contributed by atoms with Crippen LogP contribution in [0.1, 0.15) is 37.2 Å². The molecule has 2 aromatic rings. The van der Waals surface area contributed by atoms with Crippen molar-refractivity contribution in [1.82, 2.24) is 14.9 Å². The minimum absolute atomic E-state index is 0.0703. The van der Waals surface area contributed by atoms with Crippen molar-refractivity contribution >= 4 is 23.4 Å². The number of aromatic nitrogens is 3. The third-order valence-electron chi connectivity index (χ3n) is 3.55. The molecular weight excluding hydrogens is 310 g/mol. The van der Waals surface area contributed by atoms with Gasteiger partial charge in [-0.2, -0.15) is 0 Å². The number of carbonyl (C=O) groups excluding carboxylic acids is 1. The average Bonchev–Trinajstić information content (AvgIpc) is 2.88. The Labute approximate surface area is 140 Å². The molecule has 124 valence electrons. The number of para-hydroxylation sites is 1. The van der Waals surface area contributed by atoms with E-state index in [2.05, 4.69) is 29.4 Å². The lowest BCUT2D eigenvalue weighted by Gasteiger charge is -2.12. The van der Waals surface area contributed by atoms with Crippen molar-refractivity contribution in [1.29, 1.82) is 0 Å². The Morgan fingerprint density at radius 1 is 1.35 bits per heavy atom. The second-order valence-electron chi connectivity index (χ2n) is 5.32. The van der Waals surface area contributed by atoms with E-state index in [4.69, 9.17) is 5.84 Å². The van der Waals surface area contributed by atoms with Crippen LogP contribution in [0.4, 0.5) is 5.69 Å². The number of thioether (sulfide) groups is 1. The Balaban J connectivity index is 1.98. The van der Waals surface area contributed by atoms with Crippen LogP contribution < -0.4 is 11.2 Å². The third-order valence-corrected chi connectivity index (χ3v) is 4.49. The van der Waals surface area contributed by atoms with Crippen LogP contribution in [-0.2, 0) is 17.6 Å². The van der Waals surface area contributed by atoms with Crippen molar-refractivity contribution in [2.45, 2.75) is 45.2 Å². The van der Waals surface area contributed by atoms with Crippen LogP contribution in [0.2, 0.25) is 0 Å². The average molecular weight is 333 g/mol. The maximum absolute atomic E-state index is 12.2. The zero-order chi connectivity index (χ0) is 16.8. The molecule has 0 spiro atoms. The zero-order valence-corrected chi connectivity index (χ0v) is 14.6. The summed E-state index contributed by atoms with van der Waals surface area (Å²) in [5.74, 6) is 6.85. The molecule has 0 unspecified atom stereocenters. The van der Waals surface area contributed by atoms with Crippen LogP contribution in [0.15, 0.2) is 23.4 Å². The Morgan fingerprint density at radius 3 is 2.83 bits per heavy atom. The molecule has 0 radical (unpaired) electrons. The standard InChI is InChI=1S/C16H23N5OS/c1-4-7-13-19-20-16(21(13)17)23-10-14(22)18-15-11(3)8-6-9-12(15)5-2/h6,8-9H,4-5,7,10,17H2,1-3H3,(H,18,22). The number of hydrogen-bond donors (Lipinski definition) is 2. The van der Waals surface area contributed by atoms with Gasteiger partial charge in [-0.25, -0.2) is 4.68 Å². The molecule has 1 heterocycles. The van der Waals surface area contributed by atoms with E-state index in [9.17, 15) is 4.79 Å². The van der Waals surface area contributed by atoms with Gasteiger partial charge in [-0.1, -0.05) is 43.8 Å². The first-order valence-corrected chi connectivity index (χ1v) is 8.75. The SMILES string of the molecule is CCCc1nnc(SCC(=O)Nc2c(C)cccc2CC)n1N. The number of aryl methyl sites for hydroxylation is 3. The monoisotopic (exact) mass is 333 g/mol. The lowest BCUT2D eigenvalue weighted by molar-refractivity contribution is -0.113. The summed E-state index contributed by atoms with van der Waals surface area (Å²) in [7, 11) is 0. The smallest absolute Gasteiger partial charge is 0.234 e. The highest BCUT2D eigenvalue weighted by Gasteiger charge is 2.13. The van der Waals surface area contributed by atoms with Gasteiger partial charge < -0.3 is 11.2 Å². The minimum Gasteiger partial charge on any atom is -0.336 e. The normalized spacial score (nSPS) is 10.7. The fourth-order valence-electron chi connectivity index (χ4n) is 2.31. The van der Waals surface area contributed by atoms with Crippen LogP contribution in [0.3, 0.4) is 0 Å². The number of rotatable bonds is 7. The van der Waals surface area contributed by atoms with Crippen molar-refractivity contribution in [2.75, 3.05) is 16.9 Å². The molecule has 0 saturated carbocycles. The highest BCUT2D eigenvalue weighted by Crippen LogP contribution is 2.22. The van der Waals surface area contributed by atoms with Crippen molar-refractivity contribution in [3.05, 3.63) is 35.2 Å². The molecular formula is C16H23N5OS. The molecule has 3 N–H and O–H groups in total. The number of hydrogen-bond acceptors (Lipinski definition) is 5. The summed E-state index contributed by atoms with van der Waals surface area (Å²) in [6.45, 7) is 6.13. The number of anilines is 1. The molecule has 0 aliphatic carbocycles. The van der Waals surface area contributed by atoms with Crippen molar-refractivity contribution < 1.29 is 4.79 Å². The van der Waals surface area contributed by atoms with E-state index < -0.39 is 0 Å². The largest absolute Gasteiger partial charge is 0.336 e. The molecule has 0 aliphatic rings. The predicted octanol–water partition coefficient (Wildman–Crippen LogP) is 2.55. The Kier molecular flexibility index (Phi) is 6.04. The number of nitrogens with zero attached hydrogens (tertiary/aromatic N) is 3. The molecule has 1 amide bonds. The lowest BCUT2D eigenvalue weighted by Crippen LogP contribution is -2.18. The van der Waals surface area contributed by atoms with Gasteiger partial charge in [0, 0.05) is 12.1 Å². The molecule has 1 aromatic heterocycles. The first-order valence-electron chi connectivity index (χ1n) is 7.77. The van der Waals surface area contributed by atoms with E-state index in [1.54, 1.807) is 0 Å². The van der Waals surface area contributed by atoms with Gasteiger partial charge in [0.1, 0.15) is 0 Å². The second-order valence-corrected chi connectivity index (χ2v) is 6.26. The third kappa shape index (κ3) is 4.25. The van der Waals surface area contributed by atoms with Crippen LogP contribution >= 0.6 is 11.8 Å². The molecule has 23 heavy (non-hydrogen) atoms. The lowest BCUT2D eigenvalue weighted by atomic mass is 10.1. The first-order chi connectivity index (χ1) is 11.1. The number of nitrogens with two attached hydrogens (primary N) is 1. The summed E-state index contributed by atoms with van der Waals surface area (Å²) in [5.41, 5.74) is 3.10. The van der Waals surface area contributed by atoms with Gasteiger partial charge in [0.2, 0.25) is 11.1 Å². The fraction of sp³-hybridized carbons (Fsp3) is 0.438. The number of nitrogens with one attached hydrogen (secondary N) is 1. The van der Waals surface area contributed by atoms with Crippen molar-refractivity contribution in [3.8, 4) is 0 Å². The van der Waals surface area contributed by atoms with Gasteiger partial charge in [0.15, 0.2) is 5.82 Å². The van der Waals surface area contributed by atoms with Crippen LogP contribution in [-0.4, -0.2) is 26.5 Å². The predicted molar refractivity (Wildman–Crippen MR) is 94.1 cm³/mol. The van der Waals surface area contributed by atoms with E-state index in [1.165, 1.54) is 16.4 Å². The van der Waals surface area contributed by atoms with E-state index >= 15 is 0 Å². The molecule has 7 heteroatoms. The molecule has 0 saturated heterocycles. The van der Waals surface area contributed by atoms with Crippen molar-refractivity contribution in [2.24, 2.45) is 0 Å². The van der Waals surface area contributed by atoms with E-state index in [0.29, 0.717) is 5.16 Å². The maximum atomic E-state index is 12.2. The molecule has 0 fully saturated rings. The number of nitrogen functional groups attached to an aromatic ring is 1. The Bertz CT molecular complexity index is 683. The molecule has 0 aliphatic heterocycles. The van der Waals surface area contributed by atoms with Gasteiger partial charge in [-0.3, -0.25) is 4.79 Å². The first kappa shape index (κ1) is 17.3. The number of carbonyl (C=O) groups is 1. The van der Waals surface area contributed by atoms with Crippen molar-refractivity contribution in [3.63, 3.8) is 0 Å². The minimum atomic E-state index is -0.0703. The van der Waals surface area contributed by atoms with Gasteiger partial charge in [-0.15, -0.1) is 10.2 Å². The summed E-state index contributed by atoms with van der Waals surface area (Å²) in [4.78, 5) is 12.2. The zero-order valence-electron chi connectivity index (χ0n) is 13.8. The summed E-state index contributed by atoms with van der Waals surface area (Å²) < 4.78 is 1.46. The van der Waals surface area contributed by atoms with Gasteiger partial charge in [0.25, 0.3) is 0 Å². The fourth-order valence-corrected chi connectivity index (χ4v) is 2.98. The molecule has 6 nitrogen and oxygen atoms in total. The van der Waals surface area contributed by atoms with E-state index in [1.807, 2.05) is 25.1 Å². The highest BCUT2D eigenvalue weighted by atomic mass is 32.2. The summed E-state index contributed by atoms with van der Waals surface area (Å²) in [5, 5.41) is 11.6. The van der Waals surface area contributed by atoms with Crippen LogP contribution in [0.5, 0.6) is 0 Å². The van der Waals surface area contributed by atoms with E-state index in [0.717, 1.165) is 41.9 Å². The number of amides is 1. The quantitative estimate of drug-likeness (QED) is 0.601. The van der Waals surface area contributed by atoms with Gasteiger partial charge in [0.05, 0.1) is 5.75 Å². The molecule has 2 rings (SSSR count). The van der Waals surface area contributed by atoms with Gasteiger partial charge in [-0.05, 0) is 30.9 Å². The summed E-state index contributed by atoms with van der Waals surface area (Å²) >= 11 is 1.29. The Morgan fingerprint density at radius 2 is 2.13 bits per heavy atom. The summed E-state index contributed by atoms with van der Waals surface area (Å²) in [6, 6.07) is 6.03. The molecule has 0 atom stereocenters. The summed E-state index contributed by atoms with van der Waals surface area (Å²) in [6.07, 6.45) is 2.61. The highest BCUT2D eigenvalue weighted by molar-refractivity contribution is 7.99. The van der Waals surface area contributed by atoms with Crippen LogP contribution in [0, 0.1) is 6.92 Å². The van der Waals surface area contributed by atoms with Crippen LogP contribution in [0.25, 0.3) is 0 Å². The topological polar surface area (TPSA) is 85.8 Å². The van der Waals surface area contributed by atoms with E-state index in [-0.39, 0.29) is 11.7 Å². The molecule has 0 bridgehead atoms. The second kappa shape index (κ2) is 8.01. The maximum Gasteiger partial charge on any atom is 0.234 e. The number of benzene rings is 1. The Hall–Kier alpha value is -2.02. The van der Waals surface area contributed by atoms with Gasteiger partial charge >= 0.3 is 0 Å².